The molecule has 0 aliphatic rings. The molecule has 2 aromatic rings. The highest BCUT2D eigenvalue weighted by Crippen LogP contribution is 2.38. The van der Waals surface area contributed by atoms with E-state index in [0.29, 0.717) is 0 Å². The first-order valence-corrected chi connectivity index (χ1v) is 7.53. The van der Waals surface area contributed by atoms with E-state index in [4.69, 9.17) is 0 Å². The van der Waals surface area contributed by atoms with Crippen LogP contribution < -0.4 is 0 Å². The fraction of sp³-hybridized carbons (Fsp3) is 0.0769. The van der Waals surface area contributed by atoms with Crippen LogP contribution in [0.25, 0.3) is 0 Å². The lowest BCUT2D eigenvalue weighted by Gasteiger charge is -2.14. The molecule has 0 aromatic heterocycles. The van der Waals surface area contributed by atoms with Gasteiger partial charge in [0.15, 0.2) is 0 Å². The van der Waals surface area contributed by atoms with Gasteiger partial charge in [-0.25, -0.2) is 8.78 Å². The van der Waals surface area contributed by atoms with Gasteiger partial charge in [0.1, 0.15) is 11.6 Å². The SMILES string of the molecule is Fc1ccc(F)c(C(Br)c2cc(Br)ccc2Br)c1. The number of hydrogen-bond donors (Lipinski definition) is 0. The predicted octanol–water partition coefficient (Wildman–Crippen LogP) is 5.97. The fourth-order valence-corrected chi connectivity index (χ4v) is 3.48. The summed E-state index contributed by atoms with van der Waals surface area (Å²) in [4.78, 5) is -0.417. The predicted molar refractivity (Wildman–Crippen MR) is 79.0 cm³/mol. The van der Waals surface area contributed by atoms with Crippen molar-refractivity contribution in [1.82, 2.24) is 0 Å². The van der Waals surface area contributed by atoms with E-state index in [1.54, 1.807) is 0 Å². The van der Waals surface area contributed by atoms with Gasteiger partial charge in [0.05, 0.1) is 4.83 Å². The Morgan fingerprint density at radius 3 is 2.33 bits per heavy atom. The summed E-state index contributed by atoms with van der Waals surface area (Å²) in [7, 11) is 0. The lowest BCUT2D eigenvalue weighted by atomic mass is 10.0. The van der Waals surface area contributed by atoms with Crippen LogP contribution in [0.15, 0.2) is 45.3 Å². The molecule has 2 aromatic carbocycles. The summed E-state index contributed by atoms with van der Waals surface area (Å²) in [5.74, 6) is -0.896. The van der Waals surface area contributed by atoms with Gasteiger partial charge in [-0.05, 0) is 42.0 Å². The van der Waals surface area contributed by atoms with E-state index in [1.807, 2.05) is 18.2 Å². The molecule has 0 N–H and O–H groups in total. The molecule has 0 nitrogen and oxygen atoms in total. The van der Waals surface area contributed by atoms with Gasteiger partial charge in [0, 0.05) is 14.5 Å². The van der Waals surface area contributed by atoms with Crippen LogP contribution >= 0.6 is 47.8 Å². The second kappa shape index (κ2) is 5.80. The van der Waals surface area contributed by atoms with Gasteiger partial charge < -0.3 is 0 Å². The second-order valence-electron chi connectivity index (χ2n) is 3.69. The van der Waals surface area contributed by atoms with Gasteiger partial charge in [-0.15, -0.1) is 0 Å². The molecule has 0 aliphatic carbocycles. The van der Waals surface area contributed by atoms with Gasteiger partial charge in [-0.3, -0.25) is 0 Å². The van der Waals surface area contributed by atoms with Crippen molar-refractivity contribution in [2.45, 2.75) is 4.83 Å². The van der Waals surface area contributed by atoms with Crippen LogP contribution in [-0.4, -0.2) is 0 Å². The molecule has 0 bridgehead atoms. The molecule has 18 heavy (non-hydrogen) atoms. The quantitative estimate of drug-likeness (QED) is 0.504. The Bertz CT molecular complexity index is 533. The third-order valence-corrected chi connectivity index (χ3v) is 4.66. The lowest BCUT2D eigenvalue weighted by molar-refractivity contribution is 0.588. The molecule has 0 spiro atoms. The van der Waals surface area contributed by atoms with Crippen LogP contribution in [0.3, 0.4) is 0 Å². The van der Waals surface area contributed by atoms with Gasteiger partial charge in [0.2, 0.25) is 0 Å². The summed E-state index contributed by atoms with van der Waals surface area (Å²) in [6.45, 7) is 0. The van der Waals surface area contributed by atoms with Crippen LogP contribution in [0.5, 0.6) is 0 Å². The molecule has 0 radical (unpaired) electrons. The number of benzene rings is 2. The average Bonchev–Trinajstić information content (AvgIpc) is 2.34. The first-order chi connectivity index (χ1) is 8.49. The maximum atomic E-state index is 13.7. The van der Waals surface area contributed by atoms with Crippen LogP contribution in [0, 0.1) is 11.6 Å². The highest BCUT2D eigenvalue weighted by atomic mass is 79.9. The minimum Gasteiger partial charge on any atom is -0.207 e. The molecule has 1 unspecified atom stereocenters. The van der Waals surface area contributed by atoms with Crippen molar-refractivity contribution < 1.29 is 8.78 Å². The minimum absolute atomic E-state index is 0.272. The Kier molecular flexibility index (Phi) is 4.56. The van der Waals surface area contributed by atoms with E-state index in [9.17, 15) is 8.78 Å². The number of alkyl halides is 1. The van der Waals surface area contributed by atoms with Gasteiger partial charge in [-0.1, -0.05) is 47.8 Å². The van der Waals surface area contributed by atoms with Crippen molar-refractivity contribution in [2.75, 3.05) is 0 Å². The Morgan fingerprint density at radius 2 is 1.61 bits per heavy atom. The minimum atomic E-state index is -0.457. The third-order valence-electron chi connectivity index (χ3n) is 2.46. The molecule has 0 aliphatic heterocycles. The summed E-state index contributed by atoms with van der Waals surface area (Å²) in [6, 6.07) is 9.01. The maximum Gasteiger partial charge on any atom is 0.128 e. The molecule has 0 fully saturated rings. The maximum absolute atomic E-state index is 13.7. The Labute approximate surface area is 129 Å². The van der Waals surface area contributed by atoms with Crippen molar-refractivity contribution in [1.29, 1.82) is 0 Å². The van der Waals surface area contributed by atoms with Crippen LogP contribution in [0.1, 0.15) is 16.0 Å². The molecule has 0 heterocycles. The van der Waals surface area contributed by atoms with Crippen molar-refractivity contribution in [3.8, 4) is 0 Å². The first kappa shape index (κ1) is 14.2. The van der Waals surface area contributed by atoms with E-state index in [0.717, 1.165) is 26.6 Å². The largest absolute Gasteiger partial charge is 0.207 e. The normalized spacial score (nSPS) is 12.5. The molecule has 2 rings (SSSR count). The number of rotatable bonds is 2. The highest BCUT2D eigenvalue weighted by molar-refractivity contribution is 9.11. The molecule has 0 saturated carbocycles. The van der Waals surface area contributed by atoms with Crippen molar-refractivity contribution in [2.24, 2.45) is 0 Å². The Balaban J connectivity index is 2.50. The van der Waals surface area contributed by atoms with Crippen LogP contribution in [0.4, 0.5) is 8.78 Å². The van der Waals surface area contributed by atoms with E-state index >= 15 is 0 Å². The van der Waals surface area contributed by atoms with E-state index < -0.39 is 16.5 Å². The lowest BCUT2D eigenvalue weighted by Crippen LogP contribution is -1.98. The summed E-state index contributed by atoms with van der Waals surface area (Å²) in [6.07, 6.45) is 0. The summed E-state index contributed by atoms with van der Waals surface area (Å²) in [5, 5.41) is 0. The number of halogens is 5. The van der Waals surface area contributed by atoms with Crippen molar-refractivity contribution in [3.63, 3.8) is 0 Å². The van der Waals surface area contributed by atoms with Crippen LogP contribution in [0.2, 0.25) is 0 Å². The van der Waals surface area contributed by atoms with Gasteiger partial charge in [-0.2, -0.15) is 0 Å². The highest BCUT2D eigenvalue weighted by Gasteiger charge is 2.18. The molecular weight excluding hydrogens is 434 g/mol. The molecule has 0 saturated heterocycles. The molecular formula is C13H7Br3F2. The molecule has 0 amide bonds. The number of hydrogen-bond acceptors (Lipinski definition) is 0. The molecule has 1 atom stereocenters. The standard InChI is InChI=1S/C13H7Br3F2/c14-7-1-3-11(15)9(5-7)13(16)10-6-8(17)2-4-12(10)18/h1-6,13H. The van der Waals surface area contributed by atoms with E-state index in [2.05, 4.69) is 47.8 Å². The zero-order chi connectivity index (χ0) is 13.3. The second-order valence-corrected chi connectivity index (χ2v) is 6.38. The zero-order valence-corrected chi connectivity index (χ0v) is 13.7. The smallest absolute Gasteiger partial charge is 0.128 e. The third kappa shape index (κ3) is 3.00. The summed E-state index contributed by atoms with van der Waals surface area (Å²) >= 11 is 10.2. The summed E-state index contributed by atoms with van der Waals surface area (Å²) in [5.41, 5.74) is 1.10. The zero-order valence-electron chi connectivity index (χ0n) is 8.93. The van der Waals surface area contributed by atoms with E-state index in [1.165, 1.54) is 6.07 Å². The fourth-order valence-electron chi connectivity index (χ4n) is 1.59. The molecule has 94 valence electrons. The van der Waals surface area contributed by atoms with Crippen LogP contribution in [-0.2, 0) is 0 Å². The average molecular weight is 441 g/mol. The monoisotopic (exact) mass is 438 g/mol. The Morgan fingerprint density at radius 1 is 0.889 bits per heavy atom. The summed E-state index contributed by atoms with van der Waals surface area (Å²) < 4.78 is 28.6. The molecule has 5 heteroatoms. The topological polar surface area (TPSA) is 0 Å². The van der Waals surface area contributed by atoms with Gasteiger partial charge in [0.25, 0.3) is 0 Å². The van der Waals surface area contributed by atoms with Crippen molar-refractivity contribution in [3.05, 3.63) is 68.1 Å². The van der Waals surface area contributed by atoms with Crippen molar-refractivity contribution >= 4 is 47.8 Å². The van der Waals surface area contributed by atoms with Gasteiger partial charge >= 0.3 is 0 Å². The first-order valence-electron chi connectivity index (χ1n) is 5.03. The van der Waals surface area contributed by atoms with E-state index in [-0.39, 0.29) is 5.56 Å². The Hall–Kier alpha value is -0.260.